The molecule has 0 unspecified atom stereocenters. The Labute approximate surface area is 254 Å². The third-order valence-electron chi connectivity index (χ3n) is 7.89. The number of aromatic carboxylic acids is 1. The van der Waals surface area contributed by atoms with Crippen molar-refractivity contribution < 1.29 is 29.4 Å². The summed E-state index contributed by atoms with van der Waals surface area (Å²) in [5.41, 5.74) is 6.93. The molecule has 1 fully saturated rings. The Morgan fingerprint density at radius 3 is 2.27 bits per heavy atom. The van der Waals surface area contributed by atoms with E-state index in [2.05, 4.69) is 15.8 Å². The van der Waals surface area contributed by atoms with E-state index in [4.69, 9.17) is 10.5 Å². The van der Waals surface area contributed by atoms with Crippen LogP contribution in [0.5, 0.6) is 0 Å². The predicted molar refractivity (Wildman–Crippen MR) is 167 cm³/mol. The Morgan fingerprint density at radius 1 is 0.955 bits per heavy atom. The summed E-state index contributed by atoms with van der Waals surface area (Å²) < 4.78 is 7.06. The van der Waals surface area contributed by atoms with Crippen LogP contribution in [0, 0.1) is 0 Å². The molecule has 0 spiro atoms. The second-order valence-corrected chi connectivity index (χ2v) is 12.1. The number of fused-ring (bicyclic) bond motifs is 2. The van der Waals surface area contributed by atoms with E-state index in [0.717, 1.165) is 16.3 Å². The molecule has 11 heteroatoms. The summed E-state index contributed by atoms with van der Waals surface area (Å²) in [5, 5.41) is 31.1. The van der Waals surface area contributed by atoms with Gasteiger partial charge < -0.3 is 36.0 Å². The van der Waals surface area contributed by atoms with Crippen molar-refractivity contribution >= 4 is 45.5 Å². The van der Waals surface area contributed by atoms with Crippen LogP contribution in [0.15, 0.2) is 65.8 Å². The zero-order valence-corrected chi connectivity index (χ0v) is 25.0. The summed E-state index contributed by atoms with van der Waals surface area (Å²) >= 11 is 0. The summed E-state index contributed by atoms with van der Waals surface area (Å²) in [4.78, 5) is 38.9. The number of carbonyl (C=O) groups excluding carboxylic acids is 2. The first-order valence-corrected chi connectivity index (χ1v) is 14.6. The quantitative estimate of drug-likeness (QED) is 0.0842. The Morgan fingerprint density at radius 2 is 1.61 bits per heavy atom. The average Bonchev–Trinajstić information content (AvgIpc) is 3.30. The second kappa shape index (κ2) is 12.3. The summed E-state index contributed by atoms with van der Waals surface area (Å²) in [7, 11) is 0. The fourth-order valence-electron chi connectivity index (χ4n) is 5.89. The predicted octanol–water partition coefficient (Wildman–Crippen LogP) is 5.20. The zero-order valence-electron chi connectivity index (χ0n) is 25.0. The molecule has 0 bridgehead atoms. The number of rotatable bonds is 7. The van der Waals surface area contributed by atoms with Gasteiger partial charge in [0.2, 0.25) is 0 Å². The normalized spacial score (nSPS) is 17.4. The van der Waals surface area contributed by atoms with Crippen LogP contribution in [0.1, 0.15) is 78.4 Å². The number of ether oxygens (including phenoxy) is 1. The van der Waals surface area contributed by atoms with Gasteiger partial charge in [0.25, 0.3) is 5.91 Å². The molecule has 2 amide bonds. The van der Waals surface area contributed by atoms with Gasteiger partial charge in [-0.1, -0.05) is 59.8 Å². The number of amides is 2. The van der Waals surface area contributed by atoms with E-state index in [1.54, 1.807) is 43.5 Å². The molecule has 0 atom stereocenters. The number of amidine groups is 1. The minimum absolute atomic E-state index is 0.0195. The highest BCUT2D eigenvalue weighted by molar-refractivity contribution is 6.15. The maximum Gasteiger partial charge on any atom is 0.407 e. The van der Waals surface area contributed by atoms with Gasteiger partial charge in [0.15, 0.2) is 5.84 Å². The number of carbonyl (C=O) groups is 3. The molecule has 230 valence electrons. The van der Waals surface area contributed by atoms with Crippen molar-refractivity contribution in [2.45, 2.75) is 70.7 Å². The molecule has 1 heterocycles. The molecule has 5 rings (SSSR count). The summed E-state index contributed by atoms with van der Waals surface area (Å²) in [6.07, 6.45) is 2.01. The van der Waals surface area contributed by atoms with Gasteiger partial charge in [-0.15, -0.1) is 0 Å². The van der Waals surface area contributed by atoms with Gasteiger partial charge in [0, 0.05) is 29.6 Å². The van der Waals surface area contributed by atoms with Crippen LogP contribution in [0.25, 0.3) is 21.7 Å². The van der Waals surface area contributed by atoms with E-state index < -0.39 is 23.6 Å². The summed E-state index contributed by atoms with van der Waals surface area (Å²) in [6, 6.07) is 18.2. The molecule has 44 heavy (non-hydrogen) atoms. The molecule has 0 radical (unpaired) electrons. The molecule has 1 aromatic heterocycles. The van der Waals surface area contributed by atoms with Gasteiger partial charge in [-0.05, 0) is 68.9 Å². The molecule has 0 aliphatic heterocycles. The molecule has 1 saturated carbocycles. The fourth-order valence-corrected chi connectivity index (χ4v) is 5.89. The van der Waals surface area contributed by atoms with Gasteiger partial charge >= 0.3 is 12.1 Å². The third-order valence-corrected chi connectivity index (χ3v) is 7.89. The van der Waals surface area contributed by atoms with Gasteiger partial charge in [-0.2, -0.15) is 0 Å². The lowest BCUT2D eigenvalue weighted by Gasteiger charge is -2.30. The molecular weight excluding hydrogens is 562 g/mol. The Kier molecular flexibility index (Phi) is 8.48. The van der Waals surface area contributed by atoms with E-state index in [9.17, 15) is 24.7 Å². The molecule has 3 aromatic carbocycles. The number of nitrogens with zero attached hydrogens (tertiary/aromatic N) is 2. The molecule has 4 aromatic rings. The zero-order chi connectivity index (χ0) is 31.6. The Balaban J connectivity index is 1.49. The van der Waals surface area contributed by atoms with Crippen LogP contribution < -0.4 is 16.4 Å². The van der Waals surface area contributed by atoms with Crippen LogP contribution in [-0.2, 0) is 11.3 Å². The summed E-state index contributed by atoms with van der Waals surface area (Å²) in [5.74, 6) is -1.88. The lowest BCUT2D eigenvalue weighted by molar-refractivity contribution is 0.0487. The van der Waals surface area contributed by atoms with Crippen molar-refractivity contribution in [1.29, 1.82) is 0 Å². The van der Waals surface area contributed by atoms with Crippen LogP contribution >= 0.6 is 0 Å². The first-order valence-electron chi connectivity index (χ1n) is 14.6. The van der Waals surface area contributed by atoms with Crippen molar-refractivity contribution in [3.63, 3.8) is 0 Å². The van der Waals surface area contributed by atoms with E-state index in [0.29, 0.717) is 42.1 Å². The largest absolute Gasteiger partial charge is 0.478 e. The van der Waals surface area contributed by atoms with E-state index in [-0.39, 0.29) is 35.7 Å². The number of nitrogens with two attached hydrogens (primary N) is 1. The topological polar surface area (TPSA) is 168 Å². The number of nitrogens with one attached hydrogen (secondary N) is 2. The van der Waals surface area contributed by atoms with Gasteiger partial charge in [-0.3, -0.25) is 4.79 Å². The van der Waals surface area contributed by atoms with Crippen LogP contribution in [-0.4, -0.2) is 56.4 Å². The van der Waals surface area contributed by atoms with Gasteiger partial charge in [0.05, 0.1) is 11.1 Å². The fraction of sp³-hybridized carbons (Fsp3) is 0.333. The molecule has 0 saturated heterocycles. The van der Waals surface area contributed by atoms with Crippen molar-refractivity contribution in [2.75, 3.05) is 0 Å². The van der Waals surface area contributed by atoms with Crippen LogP contribution in [0.3, 0.4) is 0 Å². The van der Waals surface area contributed by atoms with Crippen LogP contribution in [0.4, 0.5) is 4.79 Å². The van der Waals surface area contributed by atoms with Crippen molar-refractivity contribution in [3.05, 3.63) is 83.0 Å². The smallest absolute Gasteiger partial charge is 0.407 e. The average molecular weight is 600 g/mol. The number of aromatic nitrogens is 1. The van der Waals surface area contributed by atoms with Crippen molar-refractivity contribution in [2.24, 2.45) is 10.9 Å². The Hall–Kier alpha value is -5.06. The van der Waals surface area contributed by atoms with E-state index >= 15 is 0 Å². The molecule has 11 nitrogen and oxygen atoms in total. The monoisotopic (exact) mass is 599 g/mol. The number of carboxylic acid groups (broad SMARTS) is 1. The number of oxime groups is 1. The number of hydrogen-bond acceptors (Lipinski definition) is 6. The second-order valence-electron chi connectivity index (χ2n) is 12.1. The SMILES string of the molecule is CC(C)(C)OC(=O)NC1CCC(NC(=O)c2c(C(=O)O)c3ccc(C(N)=NO)cc3n2Cc2cccc3ccccc23)CC1. The standard InChI is InChI=1S/C33H37N5O6/c1-33(2,3)44-32(42)36-23-14-12-22(13-15-23)35-30(39)28-27(31(40)41)25-16-11-20(29(34)37-43)17-26(25)38(28)18-21-9-6-8-19-7-4-5-10-24(19)21/h4-11,16-17,22-23,43H,12-15,18H2,1-3H3,(H2,34,37)(H,35,39)(H,36,42)(H,40,41). The van der Waals surface area contributed by atoms with Crippen LogP contribution in [0.2, 0.25) is 0 Å². The Bertz CT molecular complexity index is 1760. The summed E-state index contributed by atoms with van der Waals surface area (Å²) in [6.45, 7) is 5.62. The van der Waals surface area contributed by atoms with E-state index in [1.807, 2.05) is 42.5 Å². The van der Waals surface area contributed by atoms with E-state index in [1.165, 1.54) is 0 Å². The number of alkyl carbamates (subject to hydrolysis) is 1. The minimum Gasteiger partial charge on any atom is -0.478 e. The highest BCUT2D eigenvalue weighted by Gasteiger charge is 2.31. The minimum atomic E-state index is -1.24. The van der Waals surface area contributed by atoms with Crippen molar-refractivity contribution in [3.8, 4) is 0 Å². The lowest BCUT2D eigenvalue weighted by atomic mass is 9.91. The first-order chi connectivity index (χ1) is 20.9. The first kappa shape index (κ1) is 30.4. The molecule has 1 aliphatic carbocycles. The maximum atomic E-state index is 14.0. The maximum absolute atomic E-state index is 14.0. The number of carboxylic acids is 1. The third kappa shape index (κ3) is 6.46. The molecule has 1 aliphatic rings. The number of hydrogen-bond donors (Lipinski definition) is 5. The lowest BCUT2D eigenvalue weighted by Crippen LogP contribution is -2.45. The highest BCUT2D eigenvalue weighted by atomic mass is 16.6. The molecular formula is C33H37N5O6. The van der Waals surface area contributed by atoms with Gasteiger partial charge in [0.1, 0.15) is 11.3 Å². The molecule has 6 N–H and O–H groups in total. The number of benzene rings is 3. The van der Waals surface area contributed by atoms with Gasteiger partial charge in [-0.25, -0.2) is 9.59 Å². The highest BCUT2D eigenvalue weighted by Crippen LogP contribution is 2.31. The van der Waals surface area contributed by atoms with Crippen molar-refractivity contribution in [1.82, 2.24) is 15.2 Å².